The molecule has 0 saturated heterocycles. The standard InChI is InChI=1S/C32H30N4O2/c1-20-6-2-3-7-24(20)28-18-35-15-14-21-10-11-22(16-25(21)31(35)34-28)38-23-12-13-30-26(17-23)32-33-27-8-4-5-9-29(27)36(32)19-37-30/h4-5,8-13,16-18,20,24H,2-3,6-7,14-15,19H2,1H3. The zero-order valence-corrected chi connectivity index (χ0v) is 21.6. The number of aryl methyl sites for hydroxylation is 2. The molecule has 190 valence electrons. The molecule has 0 N–H and O–H groups in total. The maximum absolute atomic E-state index is 6.43. The molecule has 2 aromatic heterocycles. The van der Waals surface area contributed by atoms with Gasteiger partial charge in [-0.05, 0) is 66.8 Å². The van der Waals surface area contributed by atoms with Crippen LogP contribution in [0.4, 0.5) is 0 Å². The van der Waals surface area contributed by atoms with Crippen molar-refractivity contribution in [3.05, 3.63) is 78.1 Å². The first-order chi connectivity index (χ1) is 18.7. The van der Waals surface area contributed by atoms with Crippen molar-refractivity contribution in [2.75, 3.05) is 0 Å². The molecule has 2 aliphatic heterocycles. The number of aromatic nitrogens is 4. The van der Waals surface area contributed by atoms with Crippen LogP contribution in [0.15, 0.2) is 66.9 Å². The molecule has 38 heavy (non-hydrogen) atoms. The van der Waals surface area contributed by atoms with Crippen molar-refractivity contribution in [3.63, 3.8) is 0 Å². The number of fused-ring (bicyclic) bond motifs is 8. The highest BCUT2D eigenvalue weighted by Crippen LogP contribution is 2.42. The zero-order chi connectivity index (χ0) is 25.2. The molecule has 2 atom stereocenters. The largest absolute Gasteiger partial charge is 0.472 e. The van der Waals surface area contributed by atoms with Gasteiger partial charge in [0, 0.05) is 24.2 Å². The van der Waals surface area contributed by atoms with Crippen LogP contribution in [-0.2, 0) is 19.7 Å². The summed E-state index contributed by atoms with van der Waals surface area (Å²) in [5, 5.41) is 0. The van der Waals surface area contributed by atoms with E-state index < -0.39 is 0 Å². The van der Waals surface area contributed by atoms with Gasteiger partial charge < -0.3 is 14.0 Å². The van der Waals surface area contributed by atoms with Gasteiger partial charge in [-0.1, -0.05) is 44.4 Å². The maximum Gasteiger partial charge on any atom is 0.167 e. The van der Waals surface area contributed by atoms with Crippen LogP contribution in [0.1, 0.15) is 49.8 Å². The monoisotopic (exact) mass is 502 g/mol. The SMILES string of the molecule is CC1CCCCC1c1cn2c(n1)-c1cc(Oc3ccc4c(c3)-c3nc5ccccc5n3CO4)ccc1CC2. The van der Waals surface area contributed by atoms with Gasteiger partial charge >= 0.3 is 0 Å². The summed E-state index contributed by atoms with van der Waals surface area (Å²) >= 11 is 0. The van der Waals surface area contributed by atoms with E-state index >= 15 is 0 Å². The van der Waals surface area contributed by atoms with E-state index in [0.29, 0.717) is 18.6 Å². The number of imidazole rings is 2. The Hall–Kier alpha value is -4.06. The minimum Gasteiger partial charge on any atom is -0.472 e. The number of ether oxygens (including phenoxy) is 2. The van der Waals surface area contributed by atoms with Crippen LogP contribution < -0.4 is 9.47 Å². The molecule has 0 amide bonds. The Morgan fingerprint density at radius 2 is 1.74 bits per heavy atom. The number of benzene rings is 3. The fraction of sp³-hybridized carbons (Fsp3) is 0.312. The number of para-hydroxylation sites is 2. The Morgan fingerprint density at radius 3 is 2.66 bits per heavy atom. The molecule has 1 saturated carbocycles. The molecule has 6 heteroatoms. The molecule has 0 spiro atoms. The van der Waals surface area contributed by atoms with E-state index in [1.165, 1.54) is 42.5 Å². The lowest BCUT2D eigenvalue weighted by atomic mass is 9.79. The summed E-state index contributed by atoms with van der Waals surface area (Å²) < 4.78 is 16.9. The van der Waals surface area contributed by atoms with E-state index in [2.05, 4.69) is 46.5 Å². The molecular formula is C32H30N4O2. The lowest BCUT2D eigenvalue weighted by Crippen LogP contribution is -2.15. The Kier molecular flexibility index (Phi) is 4.90. The first-order valence-electron chi connectivity index (χ1n) is 13.8. The topological polar surface area (TPSA) is 54.1 Å². The van der Waals surface area contributed by atoms with E-state index in [4.69, 9.17) is 19.4 Å². The Bertz CT molecular complexity index is 1700. The van der Waals surface area contributed by atoms with E-state index in [1.807, 2.05) is 36.4 Å². The lowest BCUT2D eigenvalue weighted by Gasteiger charge is -2.27. The predicted octanol–water partition coefficient (Wildman–Crippen LogP) is 7.56. The van der Waals surface area contributed by atoms with Crippen molar-refractivity contribution >= 4 is 11.0 Å². The molecule has 5 aromatic rings. The highest BCUT2D eigenvalue weighted by Gasteiger charge is 2.28. The van der Waals surface area contributed by atoms with Gasteiger partial charge in [0.1, 0.15) is 28.9 Å². The van der Waals surface area contributed by atoms with Gasteiger partial charge in [0.2, 0.25) is 0 Å². The molecule has 8 rings (SSSR count). The molecule has 1 fully saturated rings. The van der Waals surface area contributed by atoms with Crippen molar-refractivity contribution in [2.24, 2.45) is 5.92 Å². The molecule has 1 aliphatic carbocycles. The van der Waals surface area contributed by atoms with Crippen molar-refractivity contribution in [3.8, 4) is 40.0 Å². The molecule has 4 heterocycles. The maximum atomic E-state index is 6.43. The van der Waals surface area contributed by atoms with E-state index in [1.54, 1.807) is 0 Å². The van der Waals surface area contributed by atoms with Gasteiger partial charge in [0.05, 0.1) is 22.3 Å². The zero-order valence-electron chi connectivity index (χ0n) is 21.6. The Labute approximate surface area is 221 Å². The first kappa shape index (κ1) is 22.0. The van der Waals surface area contributed by atoms with Crippen LogP contribution in [0.25, 0.3) is 33.8 Å². The summed E-state index contributed by atoms with van der Waals surface area (Å²) in [5.74, 6) is 5.69. The molecule has 0 radical (unpaired) electrons. The summed E-state index contributed by atoms with van der Waals surface area (Å²) in [6.07, 6.45) is 8.56. The minimum atomic E-state index is 0.460. The van der Waals surface area contributed by atoms with Gasteiger partial charge in [-0.2, -0.15) is 0 Å². The summed E-state index contributed by atoms with van der Waals surface area (Å²) in [7, 11) is 0. The summed E-state index contributed by atoms with van der Waals surface area (Å²) in [5.41, 5.74) is 6.79. The van der Waals surface area contributed by atoms with Gasteiger partial charge in [-0.25, -0.2) is 9.97 Å². The molecular weight excluding hydrogens is 472 g/mol. The van der Waals surface area contributed by atoms with Crippen LogP contribution in [0, 0.1) is 5.92 Å². The van der Waals surface area contributed by atoms with E-state index in [-0.39, 0.29) is 0 Å². The van der Waals surface area contributed by atoms with Crippen LogP contribution in [0.5, 0.6) is 17.2 Å². The average molecular weight is 503 g/mol. The Balaban J connectivity index is 1.12. The van der Waals surface area contributed by atoms with Crippen molar-refractivity contribution in [2.45, 2.75) is 58.2 Å². The summed E-state index contributed by atoms with van der Waals surface area (Å²) in [4.78, 5) is 10.1. The highest BCUT2D eigenvalue weighted by molar-refractivity contribution is 5.83. The van der Waals surface area contributed by atoms with Gasteiger partial charge in [0.25, 0.3) is 0 Å². The minimum absolute atomic E-state index is 0.460. The predicted molar refractivity (Wildman–Crippen MR) is 148 cm³/mol. The van der Waals surface area contributed by atoms with E-state index in [9.17, 15) is 0 Å². The van der Waals surface area contributed by atoms with Crippen LogP contribution in [-0.4, -0.2) is 19.1 Å². The van der Waals surface area contributed by atoms with Gasteiger partial charge in [-0.3, -0.25) is 4.57 Å². The average Bonchev–Trinajstić information content (AvgIpc) is 3.55. The highest BCUT2D eigenvalue weighted by atomic mass is 16.5. The van der Waals surface area contributed by atoms with Crippen molar-refractivity contribution in [1.29, 1.82) is 0 Å². The molecule has 3 aliphatic rings. The molecule has 0 bridgehead atoms. The molecule has 6 nitrogen and oxygen atoms in total. The third kappa shape index (κ3) is 3.46. The quantitative estimate of drug-likeness (QED) is 0.255. The fourth-order valence-electron chi connectivity index (χ4n) is 6.60. The summed E-state index contributed by atoms with van der Waals surface area (Å²) in [6.45, 7) is 3.84. The van der Waals surface area contributed by atoms with E-state index in [0.717, 1.165) is 58.5 Å². The van der Waals surface area contributed by atoms with Gasteiger partial charge in [0.15, 0.2) is 6.73 Å². The van der Waals surface area contributed by atoms with Crippen molar-refractivity contribution in [1.82, 2.24) is 19.1 Å². The normalized spacial score (nSPS) is 19.7. The van der Waals surface area contributed by atoms with Crippen LogP contribution >= 0.6 is 0 Å². The second-order valence-corrected chi connectivity index (χ2v) is 11.0. The third-order valence-electron chi connectivity index (χ3n) is 8.66. The number of nitrogens with zero attached hydrogens (tertiary/aromatic N) is 4. The smallest absolute Gasteiger partial charge is 0.167 e. The first-order valence-corrected chi connectivity index (χ1v) is 13.8. The third-order valence-corrected chi connectivity index (χ3v) is 8.66. The summed E-state index contributed by atoms with van der Waals surface area (Å²) in [6, 6.07) is 20.6. The number of hydrogen-bond acceptors (Lipinski definition) is 4. The second-order valence-electron chi connectivity index (χ2n) is 11.0. The number of hydrogen-bond donors (Lipinski definition) is 0. The fourth-order valence-corrected chi connectivity index (χ4v) is 6.60. The van der Waals surface area contributed by atoms with Crippen LogP contribution in [0.2, 0.25) is 0 Å². The Morgan fingerprint density at radius 1 is 0.895 bits per heavy atom. The molecule has 3 aromatic carbocycles. The second kappa shape index (κ2) is 8.48. The number of rotatable bonds is 3. The molecule has 2 unspecified atom stereocenters. The lowest BCUT2D eigenvalue weighted by molar-refractivity contribution is 0.234. The van der Waals surface area contributed by atoms with Crippen LogP contribution in [0.3, 0.4) is 0 Å². The van der Waals surface area contributed by atoms with Gasteiger partial charge in [-0.15, -0.1) is 0 Å². The van der Waals surface area contributed by atoms with Crippen molar-refractivity contribution < 1.29 is 9.47 Å².